The molecular formula is C20H28N4O. The lowest BCUT2D eigenvalue weighted by molar-refractivity contribution is -0.122. The second-order valence-electron chi connectivity index (χ2n) is 7.58. The predicted octanol–water partition coefficient (Wildman–Crippen LogP) is 3.15. The number of hydrogen-bond acceptors (Lipinski definition) is 3. The molecule has 0 spiro atoms. The number of hydrogen-bond donors (Lipinski definition) is 1. The van der Waals surface area contributed by atoms with Crippen molar-refractivity contribution in [3.05, 3.63) is 47.3 Å². The lowest BCUT2D eigenvalue weighted by Crippen LogP contribution is -2.54. The molecule has 1 atom stereocenters. The Morgan fingerprint density at radius 1 is 1.32 bits per heavy atom. The Bertz CT molecular complexity index is 737. The van der Waals surface area contributed by atoms with Gasteiger partial charge in [0.1, 0.15) is 0 Å². The largest absolute Gasteiger partial charge is 0.310 e. The van der Waals surface area contributed by atoms with Crippen molar-refractivity contribution in [1.82, 2.24) is 15.1 Å². The summed E-state index contributed by atoms with van der Waals surface area (Å²) in [6, 6.07) is 10.6. The van der Waals surface area contributed by atoms with Gasteiger partial charge >= 0.3 is 0 Å². The number of aromatic amines is 1. The van der Waals surface area contributed by atoms with E-state index in [2.05, 4.69) is 61.0 Å². The van der Waals surface area contributed by atoms with Gasteiger partial charge in [-0.2, -0.15) is 5.10 Å². The summed E-state index contributed by atoms with van der Waals surface area (Å²) in [4.78, 5) is 16.8. The van der Waals surface area contributed by atoms with Crippen molar-refractivity contribution in [2.45, 2.75) is 46.7 Å². The number of anilines is 1. The molecule has 2 heterocycles. The molecule has 5 heteroatoms. The van der Waals surface area contributed by atoms with Crippen LogP contribution in [0.3, 0.4) is 0 Å². The van der Waals surface area contributed by atoms with Crippen molar-refractivity contribution in [3.63, 3.8) is 0 Å². The van der Waals surface area contributed by atoms with Gasteiger partial charge in [0.25, 0.3) is 0 Å². The molecule has 0 aliphatic carbocycles. The summed E-state index contributed by atoms with van der Waals surface area (Å²) in [5.74, 6) is 0.750. The number of piperazine rings is 1. The zero-order valence-corrected chi connectivity index (χ0v) is 15.6. The quantitative estimate of drug-likeness (QED) is 0.910. The topological polar surface area (TPSA) is 52.2 Å². The Hall–Kier alpha value is -2.14. The van der Waals surface area contributed by atoms with E-state index in [0.29, 0.717) is 18.5 Å². The van der Waals surface area contributed by atoms with Crippen LogP contribution in [0.2, 0.25) is 0 Å². The van der Waals surface area contributed by atoms with Crippen LogP contribution in [0.1, 0.15) is 37.7 Å². The number of carbonyl (C=O) groups excluding carboxylic acids is 1. The molecule has 2 aromatic rings. The van der Waals surface area contributed by atoms with Crippen molar-refractivity contribution in [3.8, 4) is 0 Å². The molecule has 0 bridgehead atoms. The molecule has 1 fully saturated rings. The molecule has 0 saturated carbocycles. The van der Waals surface area contributed by atoms with Crippen molar-refractivity contribution in [2.75, 3.05) is 18.0 Å². The maximum Gasteiger partial charge on any atom is 0.241 e. The van der Waals surface area contributed by atoms with Crippen LogP contribution < -0.4 is 4.90 Å². The number of benzene rings is 1. The van der Waals surface area contributed by atoms with Crippen LogP contribution in [0.4, 0.5) is 5.69 Å². The number of aryl methyl sites for hydroxylation is 1. The Kier molecular flexibility index (Phi) is 5.23. The summed E-state index contributed by atoms with van der Waals surface area (Å²) < 4.78 is 0. The molecule has 1 aliphatic heterocycles. The molecule has 1 saturated heterocycles. The number of nitrogens with one attached hydrogen (secondary N) is 1. The van der Waals surface area contributed by atoms with Crippen LogP contribution in [0.25, 0.3) is 0 Å². The minimum absolute atomic E-state index is 0.158. The third-order valence-corrected chi connectivity index (χ3v) is 4.70. The summed E-state index contributed by atoms with van der Waals surface area (Å²) in [5.41, 5.74) is 4.36. The van der Waals surface area contributed by atoms with Gasteiger partial charge in [0.15, 0.2) is 0 Å². The van der Waals surface area contributed by atoms with Crippen molar-refractivity contribution in [2.24, 2.45) is 5.92 Å². The molecule has 1 amide bonds. The van der Waals surface area contributed by atoms with Crippen molar-refractivity contribution >= 4 is 11.6 Å². The molecule has 1 aliphatic rings. The highest BCUT2D eigenvalue weighted by molar-refractivity contribution is 5.95. The minimum atomic E-state index is 0.158. The van der Waals surface area contributed by atoms with Crippen molar-refractivity contribution in [1.29, 1.82) is 0 Å². The van der Waals surface area contributed by atoms with Gasteiger partial charge in [-0.3, -0.25) is 14.8 Å². The number of nitrogens with zero attached hydrogens (tertiary/aromatic N) is 3. The molecular weight excluding hydrogens is 312 g/mol. The monoisotopic (exact) mass is 340 g/mol. The number of rotatable bonds is 5. The van der Waals surface area contributed by atoms with Gasteiger partial charge in [0, 0.05) is 30.5 Å². The van der Waals surface area contributed by atoms with Gasteiger partial charge in [-0.1, -0.05) is 26.0 Å². The average molecular weight is 340 g/mol. The molecule has 0 radical (unpaired) electrons. The van der Waals surface area contributed by atoms with E-state index >= 15 is 0 Å². The molecule has 3 rings (SSSR count). The molecule has 134 valence electrons. The fourth-order valence-corrected chi connectivity index (χ4v) is 3.39. The maximum absolute atomic E-state index is 12.7. The molecule has 1 aromatic heterocycles. The van der Waals surface area contributed by atoms with E-state index in [1.165, 1.54) is 5.56 Å². The first kappa shape index (κ1) is 17.7. The van der Waals surface area contributed by atoms with Crippen LogP contribution in [-0.4, -0.2) is 40.1 Å². The van der Waals surface area contributed by atoms with Crippen LogP contribution in [-0.2, 0) is 17.8 Å². The predicted molar refractivity (Wildman–Crippen MR) is 101 cm³/mol. The van der Waals surface area contributed by atoms with E-state index in [1.54, 1.807) is 0 Å². The Morgan fingerprint density at radius 2 is 2.12 bits per heavy atom. The summed E-state index contributed by atoms with van der Waals surface area (Å²) >= 11 is 0. The Balaban J connectivity index is 1.66. The molecule has 5 nitrogen and oxygen atoms in total. The van der Waals surface area contributed by atoms with Gasteiger partial charge in [-0.15, -0.1) is 0 Å². The maximum atomic E-state index is 12.7. The van der Waals surface area contributed by atoms with Crippen LogP contribution >= 0.6 is 0 Å². The number of amides is 1. The normalized spacial score (nSPS) is 19.0. The first-order valence-corrected chi connectivity index (χ1v) is 9.06. The number of H-pyrrole nitrogens is 1. The molecule has 25 heavy (non-hydrogen) atoms. The fraction of sp³-hybridized carbons (Fsp3) is 0.500. The SMILES string of the molecule is Cc1cccc(N2CC(C)N(Cc3cc(CC(C)C)n[nH]3)CC2=O)c1. The Morgan fingerprint density at radius 3 is 2.84 bits per heavy atom. The lowest BCUT2D eigenvalue weighted by Gasteiger charge is -2.39. The van der Waals surface area contributed by atoms with Gasteiger partial charge in [-0.25, -0.2) is 0 Å². The minimum Gasteiger partial charge on any atom is -0.310 e. The summed E-state index contributed by atoms with van der Waals surface area (Å²) in [6.07, 6.45) is 0.978. The zero-order chi connectivity index (χ0) is 18.0. The van der Waals surface area contributed by atoms with E-state index in [9.17, 15) is 4.79 Å². The van der Waals surface area contributed by atoms with Gasteiger partial charge in [-0.05, 0) is 49.9 Å². The van der Waals surface area contributed by atoms with Crippen LogP contribution in [0.5, 0.6) is 0 Å². The van der Waals surface area contributed by atoms with Crippen molar-refractivity contribution < 1.29 is 4.79 Å². The second-order valence-corrected chi connectivity index (χ2v) is 7.58. The zero-order valence-electron chi connectivity index (χ0n) is 15.6. The highest BCUT2D eigenvalue weighted by atomic mass is 16.2. The molecule has 1 unspecified atom stereocenters. The second kappa shape index (κ2) is 7.40. The van der Waals surface area contributed by atoms with E-state index in [4.69, 9.17) is 0 Å². The van der Waals surface area contributed by atoms with Crippen LogP contribution in [0.15, 0.2) is 30.3 Å². The standard InChI is InChI=1S/C20H28N4O/c1-14(2)8-17-10-18(22-21-17)12-23-13-20(25)24(11-16(23)4)19-7-5-6-15(3)9-19/h5-7,9-10,14,16H,8,11-13H2,1-4H3,(H,21,22). The Labute approximate surface area is 150 Å². The van der Waals surface area contributed by atoms with E-state index in [-0.39, 0.29) is 5.91 Å². The van der Waals surface area contributed by atoms with E-state index < -0.39 is 0 Å². The number of carbonyl (C=O) groups is 1. The first-order valence-electron chi connectivity index (χ1n) is 9.06. The van der Waals surface area contributed by atoms with Gasteiger partial charge in [0.2, 0.25) is 5.91 Å². The third kappa shape index (κ3) is 4.28. The van der Waals surface area contributed by atoms with Gasteiger partial charge < -0.3 is 4.90 Å². The average Bonchev–Trinajstić information content (AvgIpc) is 2.97. The molecule has 1 aromatic carbocycles. The number of aromatic nitrogens is 2. The van der Waals surface area contributed by atoms with E-state index in [0.717, 1.165) is 36.6 Å². The van der Waals surface area contributed by atoms with E-state index in [1.807, 2.05) is 17.0 Å². The third-order valence-electron chi connectivity index (χ3n) is 4.70. The van der Waals surface area contributed by atoms with Crippen LogP contribution in [0, 0.1) is 12.8 Å². The smallest absolute Gasteiger partial charge is 0.241 e. The lowest BCUT2D eigenvalue weighted by atomic mass is 10.1. The first-order chi connectivity index (χ1) is 11.9. The fourth-order valence-electron chi connectivity index (χ4n) is 3.39. The summed E-state index contributed by atoms with van der Waals surface area (Å²) in [6.45, 7) is 10.5. The summed E-state index contributed by atoms with van der Waals surface area (Å²) in [5, 5.41) is 7.52. The highest BCUT2D eigenvalue weighted by Gasteiger charge is 2.30. The molecule has 1 N–H and O–H groups in total. The highest BCUT2D eigenvalue weighted by Crippen LogP contribution is 2.22. The summed E-state index contributed by atoms with van der Waals surface area (Å²) in [7, 11) is 0. The van der Waals surface area contributed by atoms with Gasteiger partial charge in [0.05, 0.1) is 12.2 Å².